The fourth-order valence-corrected chi connectivity index (χ4v) is 2.99. The maximum absolute atomic E-state index is 6.52. The minimum Gasteiger partial charge on any atom is -0.493 e. The minimum atomic E-state index is -0.132. The summed E-state index contributed by atoms with van der Waals surface area (Å²) in [6.07, 6.45) is 7.45. The van der Waals surface area contributed by atoms with Crippen molar-refractivity contribution in [1.82, 2.24) is 0 Å². The Bertz CT molecular complexity index is 472. The smallest absolute Gasteiger partial charge is 0.124 e. The van der Waals surface area contributed by atoms with Crippen LogP contribution in [0.4, 0.5) is 0 Å². The molecule has 0 spiro atoms. The zero-order chi connectivity index (χ0) is 13.5. The molecule has 0 aromatic heterocycles. The summed E-state index contributed by atoms with van der Waals surface area (Å²) < 4.78 is 6.12. The molecule has 3 rings (SSSR count). The van der Waals surface area contributed by atoms with Crippen molar-refractivity contribution >= 4 is 0 Å². The molecule has 0 aliphatic heterocycles. The second-order valence-corrected chi connectivity index (χ2v) is 6.55. The molecule has 2 aliphatic rings. The second kappa shape index (κ2) is 4.82. The van der Waals surface area contributed by atoms with Gasteiger partial charge in [-0.1, -0.05) is 12.5 Å². The first-order valence-corrected chi connectivity index (χ1v) is 7.62. The summed E-state index contributed by atoms with van der Waals surface area (Å²) in [6, 6.07) is 4.45. The third kappa shape index (κ3) is 2.38. The van der Waals surface area contributed by atoms with E-state index in [1.54, 1.807) is 0 Å². The van der Waals surface area contributed by atoms with Gasteiger partial charge in [0.05, 0.1) is 6.61 Å². The van der Waals surface area contributed by atoms with E-state index in [0.29, 0.717) is 0 Å². The molecule has 0 amide bonds. The van der Waals surface area contributed by atoms with E-state index in [2.05, 4.69) is 26.0 Å². The Morgan fingerprint density at radius 1 is 1.16 bits per heavy atom. The molecule has 104 valence electrons. The van der Waals surface area contributed by atoms with E-state index in [9.17, 15) is 0 Å². The van der Waals surface area contributed by atoms with Gasteiger partial charge in [0.25, 0.3) is 0 Å². The van der Waals surface area contributed by atoms with Crippen molar-refractivity contribution in [2.75, 3.05) is 6.61 Å². The van der Waals surface area contributed by atoms with Gasteiger partial charge < -0.3 is 10.5 Å². The SMILES string of the molecule is Cc1cc(OCC2CCC2)c(C2(N)CCC2)cc1C. The van der Waals surface area contributed by atoms with Crippen molar-refractivity contribution in [3.8, 4) is 5.75 Å². The molecule has 2 aliphatic carbocycles. The monoisotopic (exact) mass is 259 g/mol. The minimum absolute atomic E-state index is 0.132. The van der Waals surface area contributed by atoms with Crippen LogP contribution in [0.25, 0.3) is 0 Å². The van der Waals surface area contributed by atoms with E-state index in [1.165, 1.54) is 42.4 Å². The third-order valence-corrected chi connectivity index (χ3v) is 5.08. The van der Waals surface area contributed by atoms with Crippen LogP contribution in [0.1, 0.15) is 55.2 Å². The van der Waals surface area contributed by atoms with Crippen molar-refractivity contribution < 1.29 is 4.74 Å². The lowest BCUT2D eigenvalue weighted by Crippen LogP contribution is -2.43. The zero-order valence-electron chi connectivity index (χ0n) is 12.2. The van der Waals surface area contributed by atoms with E-state index < -0.39 is 0 Å². The summed E-state index contributed by atoms with van der Waals surface area (Å²) in [6.45, 7) is 5.18. The average molecular weight is 259 g/mol. The summed E-state index contributed by atoms with van der Waals surface area (Å²) in [5.41, 5.74) is 10.2. The summed E-state index contributed by atoms with van der Waals surface area (Å²) in [5.74, 6) is 1.81. The van der Waals surface area contributed by atoms with E-state index >= 15 is 0 Å². The van der Waals surface area contributed by atoms with Gasteiger partial charge in [-0.05, 0) is 69.1 Å². The van der Waals surface area contributed by atoms with E-state index in [-0.39, 0.29) is 5.54 Å². The Morgan fingerprint density at radius 3 is 2.37 bits per heavy atom. The Labute approximate surface area is 116 Å². The normalized spacial score (nSPS) is 21.6. The summed E-state index contributed by atoms with van der Waals surface area (Å²) in [4.78, 5) is 0. The molecule has 2 fully saturated rings. The van der Waals surface area contributed by atoms with Gasteiger partial charge in [-0.3, -0.25) is 0 Å². The lowest BCUT2D eigenvalue weighted by Gasteiger charge is -2.40. The van der Waals surface area contributed by atoms with E-state index in [4.69, 9.17) is 10.5 Å². The number of ether oxygens (including phenoxy) is 1. The summed E-state index contributed by atoms with van der Waals surface area (Å²) in [7, 11) is 0. The highest BCUT2D eigenvalue weighted by Crippen LogP contribution is 2.44. The molecule has 0 heterocycles. The highest BCUT2D eigenvalue weighted by Gasteiger charge is 2.37. The van der Waals surface area contributed by atoms with Gasteiger partial charge in [-0.2, -0.15) is 0 Å². The van der Waals surface area contributed by atoms with E-state index in [1.807, 2.05) is 0 Å². The molecule has 0 saturated heterocycles. The fraction of sp³-hybridized carbons (Fsp3) is 0.647. The number of hydrogen-bond acceptors (Lipinski definition) is 2. The highest BCUT2D eigenvalue weighted by molar-refractivity contribution is 5.46. The molecule has 2 nitrogen and oxygen atoms in total. The maximum atomic E-state index is 6.52. The van der Waals surface area contributed by atoms with Crippen LogP contribution in [0.15, 0.2) is 12.1 Å². The predicted octanol–water partition coefficient (Wildman–Crippen LogP) is 3.82. The maximum Gasteiger partial charge on any atom is 0.124 e. The molecule has 2 saturated carbocycles. The Hall–Kier alpha value is -1.02. The number of nitrogens with two attached hydrogens (primary N) is 1. The van der Waals surface area contributed by atoms with Crippen LogP contribution in [-0.4, -0.2) is 6.61 Å². The summed E-state index contributed by atoms with van der Waals surface area (Å²) in [5, 5.41) is 0. The Balaban J connectivity index is 1.84. The Morgan fingerprint density at radius 2 is 1.84 bits per heavy atom. The number of rotatable bonds is 4. The van der Waals surface area contributed by atoms with Crippen molar-refractivity contribution in [1.29, 1.82) is 0 Å². The van der Waals surface area contributed by atoms with Gasteiger partial charge >= 0.3 is 0 Å². The van der Waals surface area contributed by atoms with Crippen molar-refractivity contribution in [3.05, 3.63) is 28.8 Å². The molecule has 2 heteroatoms. The standard InChI is InChI=1S/C17H25NO/c1-12-9-15(17(18)7-4-8-17)16(10-13(12)2)19-11-14-5-3-6-14/h9-10,14H,3-8,11,18H2,1-2H3. The number of benzene rings is 1. The number of hydrogen-bond donors (Lipinski definition) is 1. The lowest BCUT2D eigenvalue weighted by atomic mass is 9.72. The molecular formula is C17H25NO. The molecule has 0 unspecified atom stereocenters. The molecule has 0 atom stereocenters. The first-order chi connectivity index (χ1) is 9.08. The fourth-order valence-electron chi connectivity index (χ4n) is 2.99. The van der Waals surface area contributed by atoms with Gasteiger partial charge in [0.1, 0.15) is 5.75 Å². The van der Waals surface area contributed by atoms with Gasteiger partial charge in [0.15, 0.2) is 0 Å². The molecule has 1 aromatic carbocycles. The predicted molar refractivity (Wildman–Crippen MR) is 78.5 cm³/mol. The quantitative estimate of drug-likeness (QED) is 0.892. The lowest BCUT2D eigenvalue weighted by molar-refractivity contribution is 0.171. The van der Waals surface area contributed by atoms with Crippen LogP contribution in [0.5, 0.6) is 5.75 Å². The zero-order valence-corrected chi connectivity index (χ0v) is 12.2. The summed E-state index contributed by atoms with van der Waals surface area (Å²) >= 11 is 0. The van der Waals surface area contributed by atoms with Crippen molar-refractivity contribution in [2.24, 2.45) is 11.7 Å². The van der Waals surface area contributed by atoms with Crippen LogP contribution < -0.4 is 10.5 Å². The van der Waals surface area contributed by atoms with Gasteiger partial charge in [-0.15, -0.1) is 0 Å². The van der Waals surface area contributed by atoms with Crippen LogP contribution >= 0.6 is 0 Å². The topological polar surface area (TPSA) is 35.2 Å². The van der Waals surface area contributed by atoms with Crippen LogP contribution in [0.3, 0.4) is 0 Å². The molecule has 0 radical (unpaired) electrons. The molecule has 1 aromatic rings. The third-order valence-electron chi connectivity index (χ3n) is 5.08. The first kappa shape index (κ1) is 13.0. The van der Waals surface area contributed by atoms with Gasteiger partial charge in [0, 0.05) is 11.1 Å². The van der Waals surface area contributed by atoms with Crippen LogP contribution in [0, 0.1) is 19.8 Å². The van der Waals surface area contributed by atoms with Gasteiger partial charge in [0.2, 0.25) is 0 Å². The van der Waals surface area contributed by atoms with Crippen molar-refractivity contribution in [2.45, 2.75) is 57.9 Å². The highest BCUT2D eigenvalue weighted by atomic mass is 16.5. The molecular weight excluding hydrogens is 234 g/mol. The largest absolute Gasteiger partial charge is 0.493 e. The van der Waals surface area contributed by atoms with Crippen molar-refractivity contribution in [3.63, 3.8) is 0 Å². The van der Waals surface area contributed by atoms with Crippen LogP contribution in [0.2, 0.25) is 0 Å². The van der Waals surface area contributed by atoms with Gasteiger partial charge in [-0.25, -0.2) is 0 Å². The first-order valence-electron chi connectivity index (χ1n) is 7.62. The Kier molecular flexibility index (Phi) is 3.30. The molecule has 19 heavy (non-hydrogen) atoms. The molecule has 2 N–H and O–H groups in total. The number of aryl methyl sites for hydroxylation is 2. The molecule has 0 bridgehead atoms. The van der Waals surface area contributed by atoms with E-state index in [0.717, 1.165) is 31.1 Å². The van der Waals surface area contributed by atoms with Crippen LogP contribution in [-0.2, 0) is 5.54 Å². The average Bonchev–Trinajstić information content (AvgIpc) is 2.28. The second-order valence-electron chi connectivity index (χ2n) is 6.55.